The van der Waals surface area contributed by atoms with Gasteiger partial charge < -0.3 is 5.32 Å². The summed E-state index contributed by atoms with van der Waals surface area (Å²) in [6.07, 6.45) is 18.8. The molecule has 1 heteroatoms. The molecule has 0 bridgehead atoms. The first-order chi connectivity index (χ1) is 10.3. The van der Waals surface area contributed by atoms with Crippen molar-refractivity contribution in [2.24, 2.45) is 11.8 Å². The standard InChI is InChI=1S/C20H41N/c1-4-7-8-9-10-11-12-17-20(21-6-3)19-16-14-13-15-18(19)5-2/h18-21H,4-17H2,1-3H3. The lowest BCUT2D eigenvalue weighted by atomic mass is 9.73. The van der Waals surface area contributed by atoms with Crippen LogP contribution in [0.2, 0.25) is 0 Å². The average molecular weight is 296 g/mol. The molecule has 0 spiro atoms. The van der Waals surface area contributed by atoms with E-state index in [-0.39, 0.29) is 0 Å². The van der Waals surface area contributed by atoms with Crippen molar-refractivity contribution in [3.8, 4) is 0 Å². The summed E-state index contributed by atoms with van der Waals surface area (Å²) in [5.41, 5.74) is 0. The van der Waals surface area contributed by atoms with Gasteiger partial charge in [-0.25, -0.2) is 0 Å². The van der Waals surface area contributed by atoms with E-state index in [1.54, 1.807) is 0 Å². The molecule has 0 saturated heterocycles. The van der Waals surface area contributed by atoms with Gasteiger partial charge in [0.2, 0.25) is 0 Å². The second-order valence-corrected chi connectivity index (χ2v) is 7.19. The zero-order valence-corrected chi connectivity index (χ0v) is 15.1. The van der Waals surface area contributed by atoms with Crippen LogP contribution in [0.3, 0.4) is 0 Å². The Hall–Kier alpha value is -0.0400. The van der Waals surface area contributed by atoms with Crippen LogP contribution in [0.5, 0.6) is 0 Å². The molecule has 126 valence electrons. The molecular weight excluding hydrogens is 254 g/mol. The fourth-order valence-electron chi connectivity index (χ4n) is 4.32. The molecule has 1 fully saturated rings. The predicted molar refractivity (Wildman–Crippen MR) is 95.8 cm³/mol. The van der Waals surface area contributed by atoms with Gasteiger partial charge in [-0.15, -0.1) is 0 Å². The molecular formula is C20H41N. The van der Waals surface area contributed by atoms with Crippen LogP contribution in [-0.4, -0.2) is 12.6 Å². The summed E-state index contributed by atoms with van der Waals surface area (Å²) in [6.45, 7) is 8.13. The maximum absolute atomic E-state index is 3.83. The summed E-state index contributed by atoms with van der Waals surface area (Å²) in [6, 6.07) is 0.802. The first-order valence-electron chi connectivity index (χ1n) is 10.1. The number of hydrogen-bond acceptors (Lipinski definition) is 1. The van der Waals surface area contributed by atoms with E-state index in [9.17, 15) is 0 Å². The van der Waals surface area contributed by atoms with Crippen LogP contribution in [0, 0.1) is 11.8 Å². The van der Waals surface area contributed by atoms with Gasteiger partial charge in [-0.3, -0.25) is 0 Å². The molecule has 0 aromatic rings. The van der Waals surface area contributed by atoms with Gasteiger partial charge in [0.25, 0.3) is 0 Å². The molecule has 1 aliphatic carbocycles. The van der Waals surface area contributed by atoms with Gasteiger partial charge in [0.15, 0.2) is 0 Å². The highest BCUT2D eigenvalue weighted by atomic mass is 14.9. The van der Waals surface area contributed by atoms with Crippen LogP contribution in [0.4, 0.5) is 0 Å². The highest BCUT2D eigenvalue weighted by molar-refractivity contribution is 4.84. The molecule has 0 aromatic heterocycles. The monoisotopic (exact) mass is 295 g/mol. The number of hydrogen-bond donors (Lipinski definition) is 1. The van der Waals surface area contributed by atoms with Gasteiger partial charge in [0, 0.05) is 6.04 Å². The predicted octanol–water partition coefficient (Wildman–Crippen LogP) is 6.32. The summed E-state index contributed by atoms with van der Waals surface area (Å²) in [7, 11) is 0. The minimum absolute atomic E-state index is 0.802. The minimum atomic E-state index is 0.802. The van der Waals surface area contributed by atoms with Crippen molar-refractivity contribution >= 4 is 0 Å². The largest absolute Gasteiger partial charge is 0.314 e. The summed E-state index contributed by atoms with van der Waals surface area (Å²) >= 11 is 0. The molecule has 0 aromatic carbocycles. The van der Waals surface area contributed by atoms with Crippen LogP contribution < -0.4 is 5.32 Å². The fourth-order valence-corrected chi connectivity index (χ4v) is 4.32. The van der Waals surface area contributed by atoms with Gasteiger partial charge in [0.1, 0.15) is 0 Å². The lowest BCUT2D eigenvalue weighted by molar-refractivity contribution is 0.168. The third-order valence-electron chi connectivity index (χ3n) is 5.59. The fraction of sp³-hybridized carbons (Fsp3) is 1.00. The number of rotatable bonds is 12. The molecule has 0 heterocycles. The topological polar surface area (TPSA) is 12.0 Å². The van der Waals surface area contributed by atoms with E-state index in [1.165, 1.54) is 83.5 Å². The Bertz CT molecular complexity index is 226. The Morgan fingerprint density at radius 3 is 2.19 bits per heavy atom. The molecule has 0 aliphatic heterocycles. The van der Waals surface area contributed by atoms with E-state index in [4.69, 9.17) is 0 Å². The quantitative estimate of drug-likeness (QED) is 0.415. The minimum Gasteiger partial charge on any atom is -0.314 e. The Morgan fingerprint density at radius 2 is 1.52 bits per heavy atom. The first-order valence-corrected chi connectivity index (χ1v) is 10.1. The summed E-state index contributed by atoms with van der Waals surface area (Å²) in [5.74, 6) is 1.95. The Kier molecular flexibility index (Phi) is 11.3. The molecule has 1 N–H and O–H groups in total. The Balaban J connectivity index is 2.25. The Labute approximate surface area is 134 Å². The molecule has 3 atom stereocenters. The lowest BCUT2D eigenvalue weighted by Gasteiger charge is -2.37. The van der Waals surface area contributed by atoms with Crippen molar-refractivity contribution < 1.29 is 0 Å². The summed E-state index contributed by atoms with van der Waals surface area (Å²) < 4.78 is 0. The van der Waals surface area contributed by atoms with Crippen LogP contribution in [-0.2, 0) is 0 Å². The zero-order chi connectivity index (χ0) is 15.3. The third-order valence-corrected chi connectivity index (χ3v) is 5.59. The summed E-state index contributed by atoms with van der Waals surface area (Å²) in [4.78, 5) is 0. The van der Waals surface area contributed by atoms with Crippen LogP contribution in [0.15, 0.2) is 0 Å². The highest BCUT2D eigenvalue weighted by Gasteiger charge is 2.29. The van der Waals surface area contributed by atoms with Gasteiger partial charge in [-0.1, -0.05) is 91.4 Å². The van der Waals surface area contributed by atoms with E-state index in [0.717, 1.165) is 24.4 Å². The second kappa shape index (κ2) is 12.5. The molecule has 1 aliphatic rings. The SMILES string of the molecule is CCCCCCCCCC(NCC)C1CCCCC1CC. The van der Waals surface area contributed by atoms with Gasteiger partial charge in [-0.05, 0) is 31.2 Å². The van der Waals surface area contributed by atoms with E-state index in [1.807, 2.05) is 0 Å². The van der Waals surface area contributed by atoms with E-state index in [0.29, 0.717) is 0 Å². The molecule has 21 heavy (non-hydrogen) atoms. The normalized spacial score (nSPS) is 24.1. The van der Waals surface area contributed by atoms with Gasteiger partial charge in [0.05, 0.1) is 0 Å². The first kappa shape index (κ1) is 19.0. The van der Waals surface area contributed by atoms with Crippen LogP contribution in [0.1, 0.15) is 104 Å². The molecule has 1 nitrogen and oxygen atoms in total. The van der Waals surface area contributed by atoms with Crippen molar-refractivity contribution in [1.82, 2.24) is 5.32 Å². The van der Waals surface area contributed by atoms with Crippen molar-refractivity contribution in [3.05, 3.63) is 0 Å². The molecule has 0 amide bonds. The van der Waals surface area contributed by atoms with E-state index < -0.39 is 0 Å². The molecule has 1 rings (SSSR count). The van der Waals surface area contributed by atoms with Gasteiger partial charge >= 0.3 is 0 Å². The van der Waals surface area contributed by atoms with Crippen LogP contribution >= 0.6 is 0 Å². The number of unbranched alkanes of at least 4 members (excludes halogenated alkanes) is 6. The Morgan fingerprint density at radius 1 is 0.857 bits per heavy atom. The maximum Gasteiger partial charge on any atom is 0.00978 e. The van der Waals surface area contributed by atoms with Crippen molar-refractivity contribution in [3.63, 3.8) is 0 Å². The number of nitrogens with one attached hydrogen (secondary N) is 1. The maximum atomic E-state index is 3.83. The smallest absolute Gasteiger partial charge is 0.00978 e. The van der Waals surface area contributed by atoms with Crippen molar-refractivity contribution in [2.75, 3.05) is 6.54 Å². The van der Waals surface area contributed by atoms with Crippen LogP contribution in [0.25, 0.3) is 0 Å². The van der Waals surface area contributed by atoms with Gasteiger partial charge in [-0.2, -0.15) is 0 Å². The highest BCUT2D eigenvalue weighted by Crippen LogP contribution is 2.35. The van der Waals surface area contributed by atoms with E-state index >= 15 is 0 Å². The average Bonchev–Trinajstić information content (AvgIpc) is 2.53. The van der Waals surface area contributed by atoms with Crippen molar-refractivity contribution in [2.45, 2.75) is 110 Å². The summed E-state index contributed by atoms with van der Waals surface area (Å²) in [5, 5.41) is 3.83. The zero-order valence-electron chi connectivity index (χ0n) is 15.1. The molecule has 1 saturated carbocycles. The molecule has 0 radical (unpaired) electrons. The van der Waals surface area contributed by atoms with Crippen molar-refractivity contribution in [1.29, 1.82) is 0 Å². The second-order valence-electron chi connectivity index (χ2n) is 7.19. The third kappa shape index (κ3) is 7.68. The lowest BCUT2D eigenvalue weighted by Crippen LogP contribution is -2.41. The molecule has 3 unspecified atom stereocenters. The van der Waals surface area contributed by atoms with E-state index in [2.05, 4.69) is 26.1 Å².